The number of rotatable bonds is 16. The summed E-state index contributed by atoms with van der Waals surface area (Å²) in [6, 6.07) is 43.1. The lowest BCUT2D eigenvalue weighted by molar-refractivity contribution is -0.130. The van der Waals surface area contributed by atoms with Gasteiger partial charge in [-0.1, -0.05) is 114 Å². The number of carbonyl (C=O) groups excluding carboxylic acids is 1. The van der Waals surface area contributed by atoms with Crippen molar-refractivity contribution >= 4 is 11.8 Å². The van der Waals surface area contributed by atoms with Crippen LogP contribution in [-0.4, -0.2) is 42.2 Å². The number of nitrogens with zero attached hydrogens (tertiary/aromatic N) is 4. The molecule has 0 radical (unpaired) electrons. The number of hydrogen-bond acceptors (Lipinski definition) is 7. The van der Waals surface area contributed by atoms with Crippen LogP contribution < -0.4 is 15.6 Å². The van der Waals surface area contributed by atoms with E-state index in [1.807, 2.05) is 121 Å². The van der Waals surface area contributed by atoms with Gasteiger partial charge in [0.2, 0.25) is 5.90 Å². The highest BCUT2D eigenvalue weighted by Crippen LogP contribution is 2.43. The molecule has 10 heteroatoms. The van der Waals surface area contributed by atoms with E-state index in [2.05, 4.69) is 33.0 Å². The van der Waals surface area contributed by atoms with Gasteiger partial charge in [-0.05, 0) is 69.6 Å². The molecule has 6 rings (SSSR count). The summed E-state index contributed by atoms with van der Waals surface area (Å²) < 4.78 is 12.5. The summed E-state index contributed by atoms with van der Waals surface area (Å²) in [5.74, 6) is 0.615. The summed E-state index contributed by atoms with van der Waals surface area (Å²) in [5.41, 5.74) is 20.1. The summed E-state index contributed by atoms with van der Waals surface area (Å²) in [6.45, 7) is 1.08. The Bertz CT molecular complexity index is 1960. The molecule has 0 aromatic heterocycles. The lowest BCUT2D eigenvalue weighted by atomic mass is 9.80. The molecule has 0 saturated heterocycles. The summed E-state index contributed by atoms with van der Waals surface area (Å²) in [7, 11) is 0. The minimum atomic E-state index is -1.45. The molecule has 51 heavy (non-hydrogen) atoms. The van der Waals surface area contributed by atoms with E-state index in [0.29, 0.717) is 43.2 Å². The molecule has 10 nitrogen and oxygen atoms in total. The van der Waals surface area contributed by atoms with Crippen LogP contribution in [0.5, 0.6) is 5.75 Å². The van der Waals surface area contributed by atoms with E-state index in [0.717, 1.165) is 33.4 Å². The molecule has 1 aliphatic rings. The predicted octanol–water partition coefficient (Wildman–Crippen LogP) is 7.29. The second-order valence-electron chi connectivity index (χ2n) is 12.2. The van der Waals surface area contributed by atoms with Crippen molar-refractivity contribution < 1.29 is 19.4 Å². The molecule has 1 heterocycles. The molecule has 5 aromatic carbocycles. The van der Waals surface area contributed by atoms with Crippen molar-refractivity contribution in [3.63, 3.8) is 0 Å². The number of hydrogen-bond donors (Lipinski definition) is 3. The maximum absolute atomic E-state index is 14.7. The third-order valence-electron chi connectivity index (χ3n) is 8.82. The Kier molecular flexibility index (Phi) is 11.7. The van der Waals surface area contributed by atoms with Gasteiger partial charge in [-0.3, -0.25) is 10.2 Å². The molecule has 1 amide bonds. The summed E-state index contributed by atoms with van der Waals surface area (Å²) in [4.78, 5) is 22.8. The Morgan fingerprint density at radius 2 is 1.49 bits per heavy atom. The lowest BCUT2D eigenvalue weighted by Gasteiger charge is -2.31. The zero-order valence-corrected chi connectivity index (χ0v) is 28.2. The lowest BCUT2D eigenvalue weighted by Crippen LogP contribution is -2.54. The minimum Gasteiger partial charge on any atom is -0.494 e. The van der Waals surface area contributed by atoms with Gasteiger partial charge in [0.25, 0.3) is 5.91 Å². The SMILES string of the molecule is [N-]=[N+]=NCc1ccccc1C[C@]1(C(=O)NNCCc2ccccc2)N=C(c2ccc(OCCCO)cc2)O[C@H]1c1ccc(-c2ccccc2)cc1. The second kappa shape index (κ2) is 17.1. The van der Waals surface area contributed by atoms with Gasteiger partial charge in [-0.15, -0.1) is 0 Å². The van der Waals surface area contributed by atoms with Gasteiger partial charge in [-0.2, -0.15) is 0 Å². The zero-order chi connectivity index (χ0) is 35.3. The van der Waals surface area contributed by atoms with Crippen LogP contribution >= 0.6 is 0 Å². The van der Waals surface area contributed by atoms with Crippen LogP contribution in [0, 0.1) is 0 Å². The molecule has 2 atom stereocenters. The average molecular weight is 681 g/mol. The number of azide groups is 1. The number of amides is 1. The van der Waals surface area contributed by atoms with Crippen LogP contribution in [0.2, 0.25) is 0 Å². The van der Waals surface area contributed by atoms with E-state index in [1.165, 1.54) is 0 Å². The van der Waals surface area contributed by atoms with Gasteiger partial charge < -0.3 is 14.6 Å². The number of benzene rings is 5. The number of nitrogens with one attached hydrogen (secondary N) is 2. The number of aliphatic hydroxyl groups is 1. The van der Waals surface area contributed by atoms with Crippen molar-refractivity contribution in [3.05, 3.63) is 172 Å². The molecule has 0 saturated carbocycles. The van der Waals surface area contributed by atoms with Gasteiger partial charge in [0.1, 0.15) is 5.75 Å². The van der Waals surface area contributed by atoms with E-state index in [4.69, 9.17) is 25.1 Å². The Labute approximate surface area is 297 Å². The molecule has 1 aliphatic heterocycles. The van der Waals surface area contributed by atoms with Crippen molar-refractivity contribution in [2.24, 2.45) is 10.1 Å². The topological polar surface area (TPSA) is 141 Å². The van der Waals surface area contributed by atoms with E-state index >= 15 is 0 Å². The number of carbonyl (C=O) groups is 1. The second-order valence-corrected chi connectivity index (χ2v) is 12.2. The smallest absolute Gasteiger partial charge is 0.266 e. The number of aliphatic imine (C=N–C) groups is 1. The maximum Gasteiger partial charge on any atom is 0.266 e. The first-order chi connectivity index (χ1) is 25.1. The van der Waals surface area contributed by atoms with Crippen LogP contribution in [0.3, 0.4) is 0 Å². The van der Waals surface area contributed by atoms with Gasteiger partial charge in [0.15, 0.2) is 11.6 Å². The van der Waals surface area contributed by atoms with Gasteiger partial charge in [-0.25, -0.2) is 10.4 Å². The van der Waals surface area contributed by atoms with Crippen LogP contribution in [0.15, 0.2) is 144 Å². The van der Waals surface area contributed by atoms with Gasteiger partial charge in [0.05, 0.1) is 13.2 Å². The normalized spacial score (nSPS) is 16.4. The van der Waals surface area contributed by atoms with Crippen molar-refractivity contribution in [1.29, 1.82) is 0 Å². The number of aliphatic hydroxyl groups excluding tert-OH is 1. The minimum absolute atomic E-state index is 0.0493. The van der Waals surface area contributed by atoms with Crippen molar-refractivity contribution in [3.8, 4) is 16.9 Å². The first-order valence-corrected chi connectivity index (χ1v) is 17.0. The van der Waals surface area contributed by atoms with E-state index in [-0.39, 0.29) is 25.5 Å². The average Bonchev–Trinajstić information content (AvgIpc) is 3.57. The highest BCUT2D eigenvalue weighted by Gasteiger charge is 2.53. The van der Waals surface area contributed by atoms with Crippen LogP contribution in [-0.2, 0) is 28.9 Å². The van der Waals surface area contributed by atoms with Crippen molar-refractivity contribution in [2.75, 3.05) is 19.8 Å². The molecule has 0 aliphatic carbocycles. The summed E-state index contributed by atoms with van der Waals surface area (Å²) in [5, 5.41) is 13.0. The first kappa shape index (κ1) is 34.9. The molecule has 0 unspecified atom stereocenters. The van der Waals surface area contributed by atoms with Gasteiger partial charge in [0, 0.05) is 36.5 Å². The highest BCUT2D eigenvalue weighted by molar-refractivity contribution is 6.01. The van der Waals surface area contributed by atoms with Crippen LogP contribution in [0.1, 0.15) is 40.3 Å². The predicted molar refractivity (Wildman–Crippen MR) is 198 cm³/mol. The van der Waals surface area contributed by atoms with Crippen molar-refractivity contribution in [2.45, 2.75) is 37.5 Å². The Balaban J connectivity index is 1.39. The molecule has 0 spiro atoms. The maximum atomic E-state index is 14.7. The molecule has 3 N–H and O–H groups in total. The van der Waals surface area contributed by atoms with Crippen LogP contribution in [0.4, 0.5) is 0 Å². The van der Waals surface area contributed by atoms with Crippen molar-refractivity contribution in [1.82, 2.24) is 10.9 Å². The monoisotopic (exact) mass is 680 g/mol. The van der Waals surface area contributed by atoms with Crippen LogP contribution in [0.25, 0.3) is 21.6 Å². The van der Waals surface area contributed by atoms with Gasteiger partial charge >= 0.3 is 0 Å². The third kappa shape index (κ3) is 8.63. The fourth-order valence-corrected chi connectivity index (χ4v) is 6.15. The van der Waals surface area contributed by atoms with E-state index in [9.17, 15) is 4.79 Å². The molecular formula is C41H40N6O4. The Hall–Kier alpha value is -5.93. The molecular weight excluding hydrogens is 640 g/mol. The Morgan fingerprint density at radius 3 is 2.20 bits per heavy atom. The Morgan fingerprint density at radius 1 is 0.843 bits per heavy atom. The standard InChI is InChI=1S/C41H40N6O4/c42-47-44-29-36-15-8-7-14-35(36)28-41(40(49)46-43-25-24-30-10-3-1-4-11-30)38(33-18-16-32(17-19-33)31-12-5-2-6-13-31)51-39(45-41)34-20-22-37(23-21-34)50-27-9-26-48/h1-8,10-23,38,43,48H,9,24-29H2,(H,46,49)/t38-,41-/m0/s1. The summed E-state index contributed by atoms with van der Waals surface area (Å²) in [6.07, 6.45) is 0.611. The fourth-order valence-electron chi connectivity index (χ4n) is 6.15. The molecule has 258 valence electrons. The molecule has 0 fully saturated rings. The quantitative estimate of drug-likeness (QED) is 0.0330. The number of hydrazine groups is 1. The third-order valence-corrected chi connectivity index (χ3v) is 8.82. The summed E-state index contributed by atoms with van der Waals surface area (Å²) >= 11 is 0. The molecule has 0 bridgehead atoms. The van der Waals surface area contributed by atoms with E-state index < -0.39 is 11.6 Å². The number of ether oxygens (including phenoxy) is 2. The zero-order valence-electron chi connectivity index (χ0n) is 28.2. The largest absolute Gasteiger partial charge is 0.494 e. The molecule has 5 aromatic rings. The first-order valence-electron chi connectivity index (χ1n) is 17.0. The van der Waals surface area contributed by atoms with E-state index in [1.54, 1.807) is 0 Å². The fraction of sp³-hybridized carbons (Fsp3) is 0.220. The highest BCUT2D eigenvalue weighted by atomic mass is 16.5.